The van der Waals surface area contributed by atoms with Crippen LogP contribution < -0.4 is 10.1 Å². The van der Waals surface area contributed by atoms with Gasteiger partial charge >= 0.3 is 0 Å². The molecule has 15 heavy (non-hydrogen) atoms. The summed E-state index contributed by atoms with van der Waals surface area (Å²) in [4.78, 5) is 0. The Balaban J connectivity index is 1.63. The second-order valence-electron chi connectivity index (χ2n) is 4.71. The highest BCUT2D eigenvalue weighted by atomic mass is 16.6. The topological polar surface area (TPSA) is 34.4 Å². The predicted octanol–water partition coefficient (Wildman–Crippen LogP) is 2.14. The van der Waals surface area contributed by atoms with Gasteiger partial charge < -0.3 is 14.5 Å². The van der Waals surface area contributed by atoms with Crippen molar-refractivity contribution in [3.8, 4) is 5.95 Å². The van der Waals surface area contributed by atoms with Crippen LogP contribution in [-0.2, 0) is 0 Å². The minimum atomic E-state index is 0.292. The van der Waals surface area contributed by atoms with Gasteiger partial charge in [-0.05, 0) is 31.4 Å². The van der Waals surface area contributed by atoms with E-state index < -0.39 is 0 Å². The van der Waals surface area contributed by atoms with Crippen LogP contribution in [0.25, 0.3) is 0 Å². The predicted molar refractivity (Wildman–Crippen MR) is 57.1 cm³/mol. The summed E-state index contributed by atoms with van der Waals surface area (Å²) < 4.78 is 11.4. The fourth-order valence-electron chi connectivity index (χ4n) is 2.21. The van der Waals surface area contributed by atoms with Crippen molar-refractivity contribution >= 4 is 0 Å². The fraction of sp³-hybridized carbons (Fsp3) is 0.667. The molecule has 1 saturated heterocycles. The Hall–Kier alpha value is -0.960. The number of ether oxygens (including phenoxy) is 1. The molecule has 1 aromatic rings. The third kappa shape index (κ3) is 1.88. The Morgan fingerprint density at radius 3 is 3.00 bits per heavy atom. The van der Waals surface area contributed by atoms with Crippen LogP contribution in [0.2, 0.25) is 0 Å². The lowest BCUT2D eigenvalue weighted by Crippen LogP contribution is -2.19. The first-order chi connectivity index (χ1) is 7.33. The summed E-state index contributed by atoms with van der Waals surface area (Å²) in [6.45, 7) is 4.25. The lowest BCUT2D eigenvalue weighted by Gasteiger charge is -2.08. The number of nitrogens with one attached hydrogen (secondary N) is 1. The van der Waals surface area contributed by atoms with E-state index >= 15 is 0 Å². The molecule has 82 valence electrons. The van der Waals surface area contributed by atoms with E-state index in [0.29, 0.717) is 18.0 Å². The maximum absolute atomic E-state index is 5.74. The molecule has 0 aromatic carbocycles. The van der Waals surface area contributed by atoms with E-state index in [1.54, 1.807) is 0 Å². The van der Waals surface area contributed by atoms with Crippen molar-refractivity contribution in [2.45, 2.75) is 31.8 Å². The second kappa shape index (κ2) is 3.56. The lowest BCUT2D eigenvalue weighted by atomic mass is 10.3. The van der Waals surface area contributed by atoms with Crippen molar-refractivity contribution in [1.29, 1.82) is 0 Å². The first-order valence-corrected chi connectivity index (χ1v) is 5.80. The van der Waals surface area contributed by atoms with Crippen LogP contribution in [0.3, 0.4) is 0 Å². The van der Waals surface area contributed by atoms with Gasteiger partial charge in [-0.3, -0.25) is 0 Å². The molecule has 1 saturated carbocycles. The smallest absolute Gasteiger partial charge is 0.284 e. The van der Waals surface area contributed by atoms with Gasteiger partial charge in [0.15, 0.2) is 0 Å². The highest BCUT2D eigenvalue weighted by Gasteiger charge is 2.36. The summed E-state index contributed by atoms with van der Waals surface area (Å²) in [6.07, 6.45) is 2.63. The number of hydrogen-bond acceptors (Lipinski definition) is 3. The van der Waals surface area contributed by atoms with Crippen molar-refractivity contribution in [2.24, 2.45) is 5.92 Å². The molecule has 3 heteroatoms. The zero-order chi connectivity index (χ0) is 10.3. The maximum atomic E-state index is 5.74. The van der Waals surface area contributed by atoms with Crippen molar-refractivity contribution in [3.05, 3.63) is 17.9 Å². The molecule has 3 rings (SSSR count). The molecule has 0 bridgehead atoms. The zero-order valence-corrected chi connectivity index (χ0v) is 9.03. The van der Waals surface area contributed by atoms with Crippen molar-refractivity contribution in [1.82, 2.24) is 5.32 Å². The van der Waals surface area contributed by atoms with E-state index in [2.05, 4.69) is 18.3 Å². The minimum absolute atomic E-state index is 0.292. The van der Waals surface area contributed by atoms with Crippen LogP contribution in [0, 0.1) is 5.92 Å². The van der Waals surface area contributed by atoms with E-state index in [4.69, 9.17) is 9.15 Å². The van der Waals surface area contributed by atoms with Crippen LogP contribution in [0.5, 0.6) is 5.95 Å². The molecule has 0 spiro atoms. The second-order valence-corrected chi connectivity index (χ2v) is 4.71. The Morgan fingerprint density at radius 1 is 1.47 bits per heavy atom. The lowest BCUT2D eigenvalue weighted by molar-refractivity contribution is 0.168. The quantitative estimate of drug-likeness (QED) is 0.824. The first-order valence-electron chi connectivity index (χ1n) is 5.80. The summed E-state index contributed by atoms with van der Waals surface area (Å²) in [7, 11) is 0. The molecular formula is C12H17NO2. The van der Waals surface area contributed by atoms with Gasteiger partial charge in [0.05, 0.1) is 0 Å². The molecule has 3 atom stereocenters. The Bertz CT molecular complexity index is 341. The average Bonchev–Trinajstić information content (AvgIpc) is 2.74. The van der Waals surface area contributed by atoms with E-state index in [-0.39, 0.29) is 0 Å². The zero-order valence-electron chi connectivity index (χ0n) is 9.03. The normalized spacial score (nSPS) is 34.3. The van der Waals surface area contributed by atoms with Gasteiger partial charge in [-0.2, -0.15) is 0 Å². The third-order valence-electron chi connectivity index (χ3n) is 3.37. The monoisotopic (exact) mass is 207 g/mol. The molecular weight excluding hydrogens is 190 g/mol. The fourth-order valence-corrected chi connectivity index (χ4v) is 2.21. The van der Waals surface area contributed by atoms with Gasteiger partial charge in [0.1, 0.15) is 11.9 Å². The van der Waals surface area contributed by atoms with Gasteiger partial charge in [-0.1, -0.05) is 6.92 Å². The van der Waals surface area contributed by atoms with Gasteiger partial charge in [0.25, 0.3) is 5.95 Å². The molecule has 0 amide bonds. The third-order valence-corrected chi connectivity index (χ3v) is 3.37. The minimum Gasteiger partial charge on any atom is -0.460 e. The molecule has 2 heterocycles. The highest BCUT2D eigenvalue weighted by Crippen LogP contribution is 2.48. The SMILES string of the molecule is CC1CC1c1ccc(OC2CCNC2)o1. The molecule has 3 unspecified atom stereocenters. The molecule has 0 radical (unpaired) electrons. The van der Waals surface area contributed by atoms with E-state index in [9.17, 15) is 0 Å². The van der Waals surface area contributed by atoms with Crippen LogP contribution in [0.1, 0.15) is 31.4 Å². The summed E-state index contributed by atoms with van der Waals surface area (Å²) >= 11 is 0. The maximum Gasteiger partial charge on any atom is 0.284 e. The number of furan rings is 1. The highest BCUT2D eigenvalue weighted by molar-refractivity contribution is 5.20. The summed E-state index contributed by atoms with van der Waals surface area (Å²) in [5, 5.41) is 3.27. The van der Waals surface area contributed by atoms with Crippen LogP contribution in [-0.4, -0.2) is 19.2 Å². The van der Waals surface area contributed by atoms with Crippen LogP contribution in [0.15, 0.2) is 16.5 Å². The Kier molecular flexibility index (Phi) is 2.20. The van der Waals surface area contributed by atoms with Gasteiger partial charge in [-0.15, -0.1) is 0 Å². The van der Waals surface area contributed by atoms with Crippen molar-refractivity contribution < 1.29 is 9.15 Å². The molecule has 1 aliphatic heterocycles. The van der Waals surface area contributed by atoms with Gasteiger partial charge in [0.2, 0.25) is 0 Å². The molecule has 3 nitrogen and oxygen atoms in total. The van der Waals surface area contributed by atoms with Crippen molar-refractivity contribution in [2.75, 3.05) is 13.1 Å². The summed E-state index contributed by atoms with van der Waals surface area (Å²) in [5.41, 5.74) is 0. The van der Waals surface area contributed by atoms with Crippen LogP contribution in [0.4, 0.5) is 0 Å². The Morgan fingerprint density at radius 2 is 2.33 bits per heavy atom. The van der Waals surface area contributed by atoms with E-state index in [1.165, 1.54) is 6.42 Å². The average molecular weight is 207 g/mol. The standard InChI is InChI=1S/C12H17NO2/c1-8-6-10(8)11-2-3-12(15-11)14-9-4-5-13-7-9/h2-3,8-10,13H,4-7H2,1H3. The molecule has 2 fully saturated rings. The Labute approximate surface area is 89.8 Å². The molecule has 1 N–H and O–H groups in total. The van der Waals surface area contributed by atoms with Gasteiger partial charge in [0, 0.05) is 18.5 Å². The number of rotatable bonds is 3. The summed E-state index contributed by atoms with van der Waals surface area (Å²) in [6, 6.07) is 4.02. The molecule has 1 aliphatic carbocycles. The first kappa shape index (κ1) is 9.28. The number of hydrogen-bond donors (Lipinski definition) is 1. The largest absolute Gasteiger partial charge is 0.460 e. The summed E-state index contributed by atoms with van der Waals surface area (Å²) in [5.74, 6) is 3.22. The van der Waals surface area contributed by atoms with Crippen LogP contribution >= 0.6 is 0 Å². The molecule has 1 aromatic heterocycles. The molecule has 2 aliphatic rings. The van der Waals surface area contributed by atoms with Gasteiger partial charge in [-0.25, -0.2) is 0 Å². The van der Waals surface area contributed by atoms with E-state index in [0.717, 1.165) is 31.2 Å². The van der Waals surface area contributed by atoms with E-state index in [1.807, 2.05) is 6.07 Å². The van der Waals surface area contributed by atoms with Crippen molar-refractivity contribution in [3.63, 3.8) is 0 Å².